The predicted molar refractivity (Wildman–Crippen MR) is 72.9 cm³/mol. The molecule has 19 heavy (non-hydrogen) atoms. The van der Waals surface area contributed by atoms with Crippen LogP contribution in [0.25, 0.3) is 0 Å². The first-order valence-electron chi connectivity index (χ1n) is 6.84. The molecule has 1 aliphatic rings. The average Bonchev–Trinajstić information content (AvgIpc) is 2.33. The summed E-state index contributed by atoms with van der Waals surface area (Å²) in [6.07, 6.45) is 1.31. The van der Waals surface area contributed by atoms with E-state index in [2.05, 4.69) is 5.43 Å². The lowest BCUT2D eigenvalue weighted by Gasteiger charge is -2.34. The monoisotopic (exact) mass is 268 g/mol. The van der Waals surface area contributed by atoms with Crippen molar-refractivity contribution in [1.82, 2.24) is 5.43 Å². The van der Waals surface area contributed by atoms with Crippen LogP contribution in [0.3, 0.4) is 0 Å². The van der Waals surface area contributed by atoms with Crippen LogP contribution in [0.4, 0.5) is 8.78 Å². The molecule has 1 saturated carbocycles. The Morgan fingerprint density at radius 3 is 2.63 bits per heavy atom. The van der Waals surface area contributed by atoms with Crippen molar-refractivity contribution in [3.63, 3.8) is 0 Å². The molecule has 0 amide bonds. The number of hydrazine groups is 1. The zero-order chi connectivity index (χ0) is 14.0. The van der Waals surface area contributed by atoms with Crippen molar-refractivity contribution < 1.29 is 8.78 Å². The van der Waals surface area contributed by atoms with E-state index in [-0.39, 0.29) is 24.8 Å². The highest BCUT2D eigenvalue weighted by Crippen LogP contribution is 2.42. The fourth-order valence-corrected chi connectivity index (χ4v) is 2.96. The van der Waals surface area contributed by atoms with Crippen molar-refractivity contribution in [3.05, 3.63) is 34.9 Å². The van der Waals surface area contributed by atoms with Crippen LogP contribution >= 0.6 is 0 Å². The zero-order valence-corrected chi connectivity index (χ0v) is 11.5. The summed E-state index contributed by atoms with van der Waals surface area (Å²) in [6, 6.07) is 5.87. The molecule has 2 nitrogen and oxygen atoms in total. The van der Waals surface area contributed by atoms with Crippen LogP contribution in [0.1, 0.15) is 48.4 Å². The third kappa shape index (κ3) is 3.31. The largest absolute Gasteiger partial charge is 0.271 e. The highest BCUT2D eigenvalue weighted by atomic mass is 19.3. The molecule has 1 aliphatic carbocycles. The zero-order valence-electron chi connectivity index (χ0n) is 11.5. The third-order valence-electron chi connectivity index (χ3n) is 4.22. The van der Waals surface area contributed by atoms with Gasteiger partial charge >= 0.3 is 0 Å². The van der Waals surface area contributed by atoms with Gasteiger partial charge in [-0.2, -0.15) is 0 Å². The van der Waals surface area contributed by atoms with Gasteiger partial charge in [0.05, 0.1) is 0 Å². The van der Waals surface area contributed by atoms with E-state index in [4.69, 9.17) is 5.84 Å². The number of rotatable bonds is 3. The van der Waals surface area contributed by atoms with Gasteiger partial charge in [0.15, 0.2) is 0 Å². The van der Waals surface area contributed by atoms with Gasteiger partial charge in [0.25, 0.3) is 0 Å². The van der Waals surface area contributed by atoms with Crippen molar-refractivity contribution >= 4 is 0 Å². The van der Waals surface area contributed by atoms with Crippen LogP contribution < -0.4 is 11.3 Å². The van der Waals surface area contributed by atoms with Gasteiger partial charge in [-0.25, -0.2) is 8.78 Å². The van der Waals surface area contributed by atoms with Crippen LogP contribution in [0.2, 0.25) is 0 Å². The van der Waals surface area contributed by atoms with Gasteiger partial charge in [0, 0.05) is 18.9 Å². The summed E-state index contributed by atoms with van der Waals surface area (Å²) >= 11 is 0. The van der Waals surface area contributed by atoms with E-state index in [1.165, 1.54) is 11.1 Å². The summed E-state index contributed by atoms with van der Waals surface area (Å²) in [6.45, 7) is 4.07. The fraction of sp³-hybridized carbons (Fsp3) is 0.600. The topological polar surface area (TPSA) is 38.0 Å². The normalized spacial score (nSPS) is 24.2. The molecular formula is C15H22F2N2. The summed E-state index contributed by atoms with van der Waals surface area (Å²) in [5.74, 6) is 2.97. The Bertz CT molecular complexity index is 446. The van der Waals surface area contributed by atoms with E-state index in [1.807, 2.05) is 32.0 Å². The number of nitrogens with two attached hydrogens (primary N) is 1. The van der Waals surface area contributed by atoms with Crippen LogP contribution in [0.15, 0.2) is 18.2 Å². The Kier molecular flexibility index (Phi) is 4.21. The molecule has 0 saturated heterocycles. The van der Waals surface area contributed by atoms with Crippen molar-refractivity contribution in [2.24, 2.45) is 11.8 Å². The molecule has 1 aromatic carbocycles. The van der Waals surface area contributed by atoms with Crippen molar-refractivity contribution in [1.29, 1.82) is 0 Å². The summed E-state index contributed by atoms with van der Waals surface area (Å²) in [5.41, 5.74) is 6.12. The number of hydrogen-bond donors (Lipinski definition) is 2. The maximum absolute atomic E-state index is 13.5. The van der Waals surface area contributed by atoms with Gasteiger partial charge in [-0.1, -0.05) is 18.2 Å². The highest BCUT2D eigenvalue weighted by Gasteiger charge is 2.39. The molecular weight excluding hydrogens is 246 g/mol. The summed E-state index contributed by atoms with van der Waals surface area (Å²) < 4.78 is 27.1. The molecule has 2 atom stereocenters. The number of aryl methyl sites for hydroxylation is 2. The molecule has 0 heterocycles. The minimum Gasteiger partial charge on any atom is -0.271 e. The summed E-state index contributed by atoms with van der Waals surface area (Å²) in [5, 5.41) is 0. The number of nitrogens with one attached hydrogen (secondary N) is 1. The van der Waals surface area contributed by atoms with Gasteiger partial charge < -0.3 is 0 Å². The van der Waals surface area contributed by atoms with E-state index in [1.54, 1.807) is 0 Å². The maximum atomic E-state index is 13.5. The Balaban J connectivity index is 2.21. The molecule has 4 heteroatoms. The number of halogens is 2. The third-order valence-corrected chi connectivity index (χ3v) is 4.22. The molecule has 2 rings (SSSR count). The standard InChI is InChI=1S/C15H22F2N2/c1-10-5-6-12(8-11(10)2)14(19-18)13-4-3-7-15(16,17)9-13/h5-6,8,13-14,19H,3-4,7,9,18H2,1-2H3. The van der Waals surface area contributed by atoms with Gasteiger partial charge in [-0.05, 0) is 49.3 Å². The molecule has 1 aromatic rings. The second-order valence-electron chi connectivity index (χ2n) is 5.70. The lowest BCUT2D eigenvalue weighted by atomic mass is 9.79. The van der Waals surface area contributed by atoms with Crippen LogP contribution in [-0.2, 0) is 0 Å². The van der Waals surface area contributed by atoms with E-state index in [0.29, 0.717) is 6.42 Å². The Morgan fingerprint density at radius 2 is 2.05 bits per heavy atom. The fourth-order valence-electron chi connectivity index (χ4n) is 2.96. The van der Waals surface area contributed by atoms with Crippen LogP contribution in [-0.4, -0.2) is 5.92 Å². The Labute approximate surface area is 113 Å². The first-order chi connectivity index (χ1) is 8.93. The molecule has 0 radical (unpaired) electrons. The molecule has 106 valence electrons. The smallest absolute Gasteiger partial charge is 0.248 e. The number of hydrogen-bond acceptors (Lipinski definition) is 2. The number of benzene rings is 1. The first-order valence-corrected chi connectivity index (χ1v) is 6.84. The second kappa shape index (κ2) is 5.55. The van der Waals surface area contributed by atoms with Gasteiger partial charge in [0.1, 0.15) is 0 Å². The summed E-state index contributed by atoms with van der Waals surface area (Å²) in [4.78, 5) is 0. The molecule has 2 unspecified atom stereocenters. The van der Waals surface area contributed by atoms with Crippen LogP contribution in [0, 0.1) is 19.8 Å². The van der Waals surface area contributed by atoms with E-state index < -0.39 is 5.92 Å². The second-order valence-corrected chi connectivity index (χ2v) is 5.70. The molecule has 1 fully saturated rings. The minimum absolute atomic E-state index is 0.00766. The van der Waals surface area contributed by atoms with E-state index in [0.717, 1.165) is 12.0 Å². The lowest BCUT2D eigenvalue weighted by Crippen LogP contribution is -2.38. The Morgan fingerprint density at radius 1 is 1.32 bits per heavy atom. The lowest BCUT2D eigenvalue weighted by molar-refractivity contribution is -0.0584. The van der Waals surface area contributed by atoms with Gasteiger partial charge in [0.2, 0.25) is 5.92 Å². The van der Waals surface area contributed by atoms with E-state index in [9.17, 15) is 8.78 Å². The average molecular weight is 268 g/mol. The van der Waals surface area contributed by atoms with Crippen molar-refractivity contribution in [2.75, 3.05) is 0 Å². The quantitative estimate of drug-likeness (QED) is 0.649. The highest BCUT2D eigenvalue weighted by molar-refractivity contribution is 5.32. The molecule has 0 aromatic heterocycles. The minimum atomic E-state index is -2.54. The molecule has 0 spiro atoms. The van der Waals surface area contributed by atoms with Gasteiger partial charge in [-0.15, -0.1) is 0 Å². The molecule has 0 bridgehead atoms. The Hall–Kier alpha value is -1.00. The summed E-state index contributed by atoms with van der Waals surface area (Å²) in [7, 11) is 0. The van der Waals surface area contributed by atoms with Crippen LogP contribution in [0.5, 0.6) is 0 Å². The first kappa shape index (κ1) is 14.4. The predicted octanol–water partition coefficient (Wildman–Crippen LogP) is 3.63. The van der Waals surface area contributed by atoms with Gasteiger partial charge in [-0.3, -0.25) is 11.3 Å². The van der Waals surface area contributed by atoms with Crippen molar-refractivity contribution in [3.8, 4) is 0 Å². The number of alkyl halides is 2. The van der Waals surface area contributed by atoms with E-state index >= 15 is 0 Å². The molecule has 3 N–H and O–H groups in total. The molecule has 0 aliphatic heterocycles. The maximum Gasteiger partial charge on any atom is 0.248 e. The van der Waals surface area contributed by atoms with Crippen molar-refractivity contribution in [2.45, 2.75) is 51.5 Å². The SMILES string of the molecule is Cc1ccc(C(NN)C2CCCC(F)(F)C2)cc1C.